The Bertz CT molecular complexity index is 584. The summed E-state index contributed by atoms with van der Waals surface area (Å²) >= 11 is 0. The van der Waals surface area contributed by atoms with Crippen molar-refractivity contribution in [2.45, 2.75) is 30.8 Å². The number of rotatable bonds is 2. The van der Waals surface area contributed by atoms with Gasteiger partial charge in [-0.3, -0.25) is 0 Å². The average Bonchev–Trinajstić information content (AvgIpc) is 2.68. The van der Waals surface area contributed by atoms with E-state index >= 15 is 0 Å². The smallest absolute Gasteiger partial charge is 0.199 e. The first kappa shape index (κ1) is 11.9. The largest absolute Gasteiger partial charge is 0.377 e. The Labute approximate surface area is 107 Å². The zero-order chi connectivity index (χ0) is 12.8. The highest BCUT2D eigenvalue weighted by atomic mass is 32.2. The van der Waals surface area contributed by atoms with Crippen LogP contribution in [0.15, 0.2) is 40.1 Å². The number of hydrogen-bond acceptors (Lipinski definition) is 3. The van der Waals surface area contributed by atoms with Crippen molar-refractivity contribution in [3.05, 3.63) is 40.8 Å². The van der Waals surface area contributed by atoms with Crippen molar-refractivity contribution >= 4 is 9.84 Å². The third kappa shape index (κ3) is 1.99. The van der Waals surface area contributed by atoms with Crippen LogP contribution in [0.3, 0.4) is 0 Å². The fraction of sp³-hybridized carbons (Fsp3) is 0.429. The molecule has 0 aromatic heterocycles. The molecule has 1 saturated carbocycles. The van der Waals surface area contributed by atoms with Crippen molar-refractivity contribution in [3.8, 4) is 0 Å². The lowest BCUT2D eigenvalue weighted by Gasteiger charge is -2.32. The van der Waals surface area contributed by atoms with Crippen molar-refractivity contribution < 1.29 is 13.2 Å². The Hall–Kier alpha value is -1.13. The predicted molar refractivity (Wildman–Crippen MR) is 68.9 cm³/mol. The van der Waals surface area contributed by atoms with Crippen LogP contribution in [0.5, 0.6) is 0 Å². The Morgan fingerprint density at radius 2 is 2.00 bits per heavy atom. The summed E-state index contributed by atoms with van der Waals surface area (Å²) in [5.41, 5.74) is 2.09. The molecule has 0 N–H and O–H groups in total. The van der Waals surface area contributed by atoms with E-state index in [0.29, 0.717) is 10.8 Å². The zero-order valence-corrected chi connectivity index (χ0v) is 11.1. The molecule has 1 aliphatic heterocycles. The molecule has 0 radical (unpaired) electrons. The summed E-state index contributed by atoms with van der Waals surface area (Å²) in [6.45, 7) is 2.71. The van der Waals surface area contributed by atoms with Crippen LogP contribution in [-0.4, -0.2) is 21.1 Å². The number of hydrogen-bond donors (Lipinski definition) is 0. The topological polar surface area (TPSA) is 43.4 Å². The van der Waals surface area contributed by atoms with Gasteiger partial charge in [-0.05, 0) is 31.9 Å². The summed E-state index contributed by atoms with van der Waals surface area (Å²) in [6.07, 6.45) is 2.00. The van der Waals surface area contributed by atoms with Gasteiger partial charge < -0.3 is 4.74 Å². The number of benzene rings is 1. The van der Waals surface area contributed by atoms with Crippen LogP contribution in [0.1, 0.15) is 18.4 Å². The van der Waals surface area contributed by atoms with Crippen LogP contribution in [-0.2, 0) is 14.6 Å². The van der Waals surface area contributed by atoms with Crippen LogP contribution < -0.4 is 0 Å². The lowest BCUT2D eigenvalue weighted by Crippen LogP contribution is -2.30. The maximum atomic E-state index is 12.2. The molecule has 0 bridgehead atoms. The summed E-state index contributed by atoms with van der Waals surface area (Å²) < 4.78 is 29.9. The fourth-order valence-corrected chi connectivity index (χ4v) is 3.95. The van der Waals surface area contributed by atoms with Crippen molar-refractivity contribution in [1.82, 2.24) is 0 Å². The molecule has 96 valence electrons. The molecular formula is C14H16O3S. The number of aryl methyl sites for hydroxylation is 1. The first-order chi connectivity index (χ1) is 8.56. The summed E-state index contributed by atoms with van der Waals surface area (Å²) in [4.78, 5) is 0.378. The molecule has 3 rings (SSSR count). The van der Waals surface area contributed by atoms with Gasteiger partial charge in [-0.2, -0.15) is 0 Å². The van der Waals surface area contributed by atoms with Crippen LogP contribution in [0, 0.1) is 12.8 Å². The van der Waals surface area contributed by atoms with E-state index in [1.54, 1.807) is 12.1 Å². The summed E-state index contributed by atoms with van der Waals surface area (Å²) in [5, 5.41) is 1.45. The van der Waals surface area contributed by atoms with Crippen LogP contribution in [0.4, 0.5) is 0 Å². The monoisotopic (exact) mass is 264 g/mol. The van der Waals surface area contributed by atoms with Crippen molar-refractivity contribution in [2.75, 3.05) is 6.61 Å². The van der Waals surface area contributed by atoms with Crippen LogP contribution >= 0.6 is 0 Å². The molecule has 0 spiro atoms. The fourth-order valence-electron chi connectivity index (χ4n) is 2.63. The standard InChI is InChI=1S/C14H16O3S/c1-10-2-4-12(5-3-10)18(15,16)9-11-8-14-13(11)6-7-17-14/h2-5,9,13-14H,6-8H2,1H3/b11-9-/t13-,14+/m0/s1. The third-order valence-electron chi connectivity index (χ3n) is 3.78. The van der Waals surface area contributed by atoms with Gasteiger partial charge >= 0.3 is 0 Å². The Balaban J connectivity index is 1.87. The van der Waals surface area contributed by atoms with E-state index in [2.05, 4.69) is 0 Å². The summed E-state index contributed by atoms with van der Waals surface area (Å²) in [7, 11) is -3.29. The maximum absolute atomic E-state index is 12.2. The molecule has 4 heteroatoms. The van der Waals surface area contributed by atoms with Crippen molar-refractivity contribution in [3.63, 3.8) is 0 Å². The van der Waals surface area contributed by atoms with E-state index in [9.17, 15) is 8.42 Å². The van der Waals surface area contributed by atoms with Gasteiger partial charge in [-0.25, -0.2) is 8.42 Å². The molecule has 1 aromatic carbocycles. The van der Waals surface area contributed by atoms with E-state index in [1.807, 2.05) is 19.1 Å². The molecule has 18 heavy (non-hydrogen) atoms. The quantitative estimate of drug-likeness (QED) is 0.824. The van der Waals surface area contributed by atoms with Gasteiger partial charge in [0, 0.05) is 17.9 Å². The molecule has 1 aromatic rings. The minimum absolute atomic E-state index is 0.268. The summed E-state index contributed by atoms with van der Waals surface area (Å²) in [6, 6.07) is 6.99. The second-order valence-corrected chi connectivity index (χ2v) is 6.86. The minimum Gasteiger partial charge on any atom is -0.377 e. The van der Waals surface area contributed by atoms with Gasteiger partial charge in [0.1, 0.15) is 0 Å². The zero-order valence-electron chi connectivity index (χ0n) is 10.3. The van der Waals surface area contributed by atoms with Gasteiger partial charge in [0.25, 0.3) is 0 Å². The highest BCUT2D eigenvalue weighted by molar-refractivity contribution is 7.94. The molecule has 1 aliphatic carbocycles. The first-order valence-electron chi connectivity index (χ1n) is 6.20. The van der Waals surface area contributed by atoms with E-state index < -0.39 is 9.84 Å². The van der Waals surface area contributed by atoms with Crippen LogP contribution in [0.25, 0.3) is 0 Å². The minimum atomic E-state index is -3.29. The van der Waals surface area contributed by atoms with Crippen molar-refractivity contribution in [2.24, 2.45) is 5.92 Å². The van der Waals surface area contributed by atoms with E-state index in [4.69, 9.17) is 4.74 Å². The highest BCUT2D eigenvalue weighted by Gasteiger charge is 2.41. The predicted octanol–water partition coefficient (Wildman–Crippen LogP) is 2.46. The maximum Gasteiger partial charge on any atom is 0.199 e. The Morgan fingerprint density at radius 3 is 2.67 bits per heavy atom. The van der Waals surface area contributed by atoms with Crippen molar-refractivity contribution in [1.29, 1.82) is 0 Å². The molecule has 0 amide bonds. The molecule has 0 unspecified atom stereocenters. The second-order valence-electron chi connectivity index (χ2n) is 5.06. The van der Waals surface area contributed by atoms with Gasteiger partial charge in [-0.1, -0.05) is 23.3 Å². The first-order valence-corrected chi connectivity index (χ1v) is 7.75. The van der Waals surface area contributed by atoms with E-state index in [1.165, 1.54) is 5.41 Å². The van der Waals surface area contributed by atoms with Gasteiger partial charge in [0.2, 0.25) is 0 Å². The summed E-state index contributed by atoms with van der Waals surface area (Å²) in [5.74, 6) is 0.338. The number of sulfone groups is 1. The average molecular weight is 264 g/mol. The third-order valence-corrected chi connectivity index (χ3v) is 5.32. The molecule has 2 aliphatic rings. The molecule has 1 saturated heterocycles. The van der Waals surface area contributed by atoms with E-state index in [-0.39, 0.29) is 6.10 Å². The lowest BCUT2D eigenvalue weighted by molar-refractivity contribution is 0.0679. The number of fused-ring (bicyclic) bond motifs is 1. The lowest BCUT2D eigenvalue weighted by atomic mass is 9.77. The van der Waals surface area contributed by atoms with Gasteiger partial charge in [-0.15, -0.1) is 0 Å². The Kier molecular flexibility index (Phi) is 2.79. The second kappa shape index (κ2) is 4.21. The molecule has 1 heterocycles. The molecule has 3 nitrogen and oxygen atoms in total. The SMILES string of the molecule is Cc1ccc(S(=O)(=O)/C=C2/C[C@H]3OCC[C@@H]23)cc1. The van der Waals surface area contributed by atoms with Gasteiger partial charge in [0.05, 0.1) is 11.0 Å². The molecular weight excluding hydrogens is 248 g/mol. The van der Waals surface area contributed by atoms with Gasteiger partial charge in [0.15, 0.2) is 9.84 Å². The van der Waals surface area contributed by atoms with E-state index in [0.717, 1.165) is 30.6 Å². The highest BCUT2D eigenvalue weighted by Crippen LogP contribution is 2.43. The normalized spacial score (nSPS) is 29.1. The molecule has 2 fully saturated rings. The van der Waals surface area contributed by atoms with Crippen LogP contribution in [0.2, 0.25) is 0 Å². The number of ether oxygens (including phenoxy) is 1. The molecule has 2 atom stereocenters. The Morgan fingerprint density at radius 1 is 1.28 bits per heavy atom.